The lowest BCUT2D eigenvalue weighted by atomic mass is 9.98. The van der Waals surface area contributed by atoms with Crippen LogP contribution in [0.1, 0.15) is 30.1 Å². The molecule has 2 fully saturated rings. The Morgan fingerprint density at radius 2 is 1.80 bits per heavy atom. The molecule has 2 aliphatic rings. The number of rotatable bonds is 6. The molecule has 1 atom stereocenters. The van der Waals surface area contributed by atoms with Crippen LogP contribution >= 0.6 is 0 Å². The van der Waals surface area contributed by atoms with Crippen LogP contribution in [0.15, 0.2) is 24.3 Å². The summed E-state index contributed by atoms with van der Waals surface area (Å²) in [7, 11) is 1.66. The third-order valence-corrected chi connectivity index (χ3v) is 5.86. The normalized spacial score (nSPS) is 19.4. The molecule has 0 spiro atoms. The first-order valence-electron chi connectivity index (χ1n) is 10.8. The molecule has 0 aliphatic carbocycles. The summed E-state index contributed by atoms with van der Waals surface area (Å²) in [5.41, 5.74) is 1.26. The summed E-state index contributed by atoms with van der Waals surface area (Å²) in [6, 6.07) is 6.71. The summed E-state index contributed by atoms with van der Waals surface area (Å²) in [4.78, 5) is 30.6. The van der Waals surface area contributed by atoms with E-state index in [2.05, 4.69) is 17.1 Å². The number of nitrogens with one attached hydrogen (secondary N) is 1. The summed E-state index contributed by atoms with van der Waals surface area (Å²) in [6.07, 6.45) is 1.47. The van der Waals surface area contributed by atoms with Gasteiger partial charge in [-0.2, -0.15) is 0 Å². The number of urea groups is 1. The molecule has 30 heavy (non-hydrogen) atoms. The van der Waals surface area contributed by atoms with E-state index in [-0.39, 0.29) is 18.5 Å². The number of β-amino-alcohol motifs (C(OH)–C–C–N with tert-alkyl or cyclic N) is 1. The molecule has 0 radical (unpaired) electrons. The fourth-order valence-electron chi connectivity index (χ4n) is 3.85. The number of likely N-dealkylation sites (N-methyl/N-ethyl adjacent to an activating group) is 1. The van der Waals surface area contributed by atoms with E-state index in [1.165, 1.54) is 4.90 Å². The van der Waals surface area contributed by atoms with Gasteiger partial charge < -0.3 is 25.0 Å². The van der Waals surface area contributed by atoms with Gasteiger partial charge in [-0.05, 0) is 43.0 Å². The van der Waals surface area contributed by atoms with Gasteiger partial charge in [0.15, 0.2) is 0 Å². The van der Waals surface area contributed by atoms with Gasteiger partial charge in [0.2, 0.25) is 0 Å². The molecule has 3 rings (SSSR count). The molecule has 8 heteroatoms. The van der Waals surface area contributed by atoms with Crippen LogP contribution in [0, 0.1) is 5.92 Å². The van der Waals surface area contributed by atoms with Crippen LogP contribution in [0.3, 0.4) is 0 Å². The van der Waals surface area contributed by atoms with Crippen LogP contribution in [-0.4, -0.2) is 97.4 Å². The lowest BCUT2D eigenvalue weighted by molar-refractivity contribution is 0.0109. The van der Waals surface area contributed by atoms with Gasteiger partial charge in [0.25, 0.3) is 5.91 Å². The van der Waals surface area contributed by atoms with Crippen LogP contribution in [-0.2, 0) is 4.74 Å². The summed E-state index contributed by atoms with van der Waals surface area (Å²) >= 11 is 0. The maximum Gasteiger partial charge on any atom is 0.321 e. The SMILES string of the molecule is CC1CCN(C(=O)c2ccc(NC(=O)N(C)C[C@H](O)CN3CCOCC3)cc2)CC1. The second-order valence-electron chi connectivity index (χ2n) is 8.43. The summed E-state index contributed by atoms with van der Waals surface area (Å²) < 4.78 is 5.31. The first kappa shape index (κ1) is 22.5. The van der Waals surface area contributed by atoms with Crippen molar-refractivity contribution in [2.45, 2.75) is 25.9 Å². The Kier molecular flexibility index (Phi) is 8.07. The molecule has 3 amide bonds. The van der Waals surface area contributed by atoms with Crippen molar-refractivity contribution in [3.05, 3.63) is 29.8 Å². The molecule has 2 N–H and O–H groups in total. The van der Waals surface area contributed by atoms with Crippen molar-refractivity contribution in [2.75, 3.05) is 64.8 Å². The fourth-order valence-corrected chi connectivity index (χ4v) is 3.85. The summed E-state index contributed by atoms with van der Waals surface area (Å²) in [6.45, 7) is 7.55. The standard InChI is InChI=1S/C22H34N4O4/c1-17-7-9-26(10-8-17)21(28)18-3-5-19(6-4-18)23-22(29)24(2)15-20(27)16-25-11-13-30-14-12-25/h3-6,17,20,27H,7-16H2,1-2H3,(H,23,29)/t20-/m0/s1. The van der Waals surface area contributed by atoms with Crippen molar-refractivity contribution in [1.29, 1.82) is 0 Å². The lowest BCUT2D eigenvalue weighted by Gasteiger charge is -2.30. The molecule has 166 valence electrons. The molecular formula is C22H34N4O4. The second-order valence-corrected chi connectivity index (χ2v) is 8.43. The number of ether oxygens (including phenoxy) is 1. The predicted octanol–water partition coefficient (Wildman–Crippen LogP) is 1.72. The zero-order chi connectivity index (χ0) is 21.5. The molecule has 2 aliphatic heterocycles. The Hall–Kier alpha value is -2.16. The summed E-state index contributed by atoms with van der Waals surface area (Å²) in [5.74, 6) is 0.721. The number of amides is 3. The van der Waals surface area contributed by atoms with Crippen LogP contribution in [0.2, 0.25) is 0 Å². The largest absolute Gasteiger partial charge is 0.390 e. The van der Waals surface area contributed by atoms with Crippen molar-refractivity contribution in [3.8, 4) is 0 Å². The Labute approximate surface area is 178 Å². The number of hydrogen-bond acceptors (Lipinski definition) is 5. The van der Waals surface area contributed by atoms with Gasteiger partial charge in [-0.1, -0.05) is 6.92 Å². The molecule has 1 aromatic rings. The van der Waals surface area contributed by atoms with Crippen LogP contribution in [0.25, 0.3) is 0 Å². The second kappa shape index (κ2) is 10.7. The first-order chi connectivity index (χ1) is 14.4. The van der Waals surface area contributed by atoms with E-state index in [0.29, 0.717) is 36.9 Å². The van der Waals surface area contributed by atoms with E-state index in [9.17, 15) is 14.7 Å². The van der Waals surface area contributed by atoms with Crippen molar-refractivity contribution >= 4 is 17.6 Å². The highest BCUT2D eigenvalue weighted by molar-refractivity contribution is 5.95. The van der Waals surface area contributed by atoms with Crippen molar-refractivity contribution in [2.24, 2.45) is 5.92 Å². The number of aliphatic hydroxyl groups is 1. The smallest absolute Gasteiger partial charge is 0.321 e. The quantitative estimate of drug-likeness (QED) is 0.735. The van der Waals surface area contributed by atoms with Gasteiger partial charge in [-0.3, -0.25) is 9.69 Å². The van der Waals surface area contributed by atoms with E-state index < -0.39 is 6.10 Å². The molecule has 2 heterocycles. The minimum Gasteiger partial charge on any atom is -0.390 e. The topological polar surface area (TPSA) is 85.4 Å². The lowest BCUT2D eigenvalue weighted by Crippen LogP contribution is -2.45. The molecule has 2 saturated heterocycles. The number of nitrogens with zero attached hydrogens (tertiary/aromatic N) is 3. The highest BCUT2D eigenvalue weighted by Crippen LogP contribution is 2.19. The molecule has 0 bridgehead atoms. The molecule has 8 nitrogen and oxygen atoms in total. The Bertz CT molecular complexity index is 698. The number of carbonyl (C=O) groups excluding carboxylic acids is 2. The maximum absolute atomic E-state index is 12.6. The highest BCUT2D eigenvalue weighted by atomic mass is 16.5. The van der Waals surface area contributed by atoms with Gasteiger partial charge in [-0.25, -0.2) is 4.79 Å². The third-order valence-electron chi connectivity index (χ3n) is 5.86. The Morgan fingerprint density at radius 1 is 1.17 bits per heavy atom. The first-order valence-corrected chi connectivity index (χ1v) is 10.8. The maximum atomic E-state index is 12.6. The van der Waals surface area contributed by atoms with Gasteiger partial charge in [0, 0.05) is 57.6 Å². The van der Waals surface area contributed by atoms with Gasteiger partial charge >= 0.3 is 6.03 Å². The fraction of sp³-hybridized carbons (Fsp3) is 0.636. The number of morpholine rings is 1. The zero-order valence-corrected chi connectivity index (χ0v) is 18.0. The van der Waals surface area contributed by atoms with E-state index in [1.807, 2.05) is 4.90 Å². The number of hydrogen-bond donors (Lipinski definition) is 2. The Balaban J connectivity index is 1.45. The van der Waals surface area contributed by atoms with Crippen LogP contribution < -0.4 is 5.32 Å². The van der Waals surface area contributed by atoms with Crippen LogP contribution in [0.4, 0.5) is 10.5 Å². The summed E-state index contributed by atoms with van der Waals surface area (Å²) in [5, 5.41) is 13.1. The average molecular weight is 419 g/mol. The van der Waals surface area contributed by atoms with E-state index in [0.717, 1.165) is 39.0 Å². The molecule has 1 aromatic carbocycles. The minimum atomic E-state index is -0.619. The number of aliphatic hydroxyl groups excluding tert-OH is 1. The Morgan fingerprint density at radius 3 is 2.43 bits per heavy atom. The number of benzene rings is 1. The monoisotopic (exact) mass is 418 g/mol. The third kappa shape index (κ3) is 6.42. The van der Waals surface area contributed by atoms with Gasteiger partial charge in [0.1, 0.15) is 0 Å². The van der Waals surface area contributed by atoms with Crippen molar-refractivity contribution in [1.82, 2.24) is 14.7 Å². The zero-order valence-electron chi connectivity index (χ0n) is 18.0. The van der Waals surface area contributed by atoms with Crippen molar-refractivity contribution in [3.63, 3.8) is 0 Å². The molecule has 0 aromatic heterocycles. The minimum absolute atomic E-state index is 0.0446. The van der Waals surface area contributed by atoms with Crippen LogP contribution in [0.5, 0.6) is 0 Å². The number of likely N-dealkylation sites (tertiary alicyclic amines) is 1. The van der Waals surface area contributed by atoms with Gasteiger partial charge in [0.05, 0.1) is 19.3 Å². The average Bonchev–Trinajstić information content (AvgIpc) is 2.75. The molecule has 0 unspecified atom stereocenters. The number of piperidine rings is 1. The number of anilines is 1. The number of carbonyl (C=O) groups is 2. The van der Waals surface area contributed by atoms with Gasteiger partial charge in [-0.15, -0.1) is 0 Å². The molecule has 0 saturated carbocycles. The highest BCUT2D eigenvalue weighted by Gasteiger charge is 2.22. The predicted molar refractivity (Wildman–Crippen MR) is 116 cm³/mol. The van der Waals surface area contributed by atoms with Crippen molar-refractivity contribution < 1.29 is 19.4 Å². The molecular weight excluding hydrogens is 384 g/mol. The van der Waals surface area contributed by atoms with E-state index >= 15 is 0 Å². The van der Waals surface area contributed by atoms with E-state index in [1.54, 1.807) is 31.3 Å². The van der Waals surface area contributed by atoms with E-state index in [4.69, 9.17) is 4.74 Å².